The summed E-state index contributed by atoms with van der Waals surface area (Å²) in [6, 6.07) is 9.94. The number of nitrogens with one attached hydrogen (secondary N) is 2. The zero-order valence-electron chi connectivity index (χ0n) is 12.8. The van der Waals surface area contributed by atoms with Crippen molar-refractivity contribution in [3.8, 4) is 11.3 Å². The number of carbonyl (C=O) groups is 1. The first-order chi connectivity index (χ1) is 10.7. The van der Waals surface area contributed by atoms with Crippen molar-refractivity contribution >= 4 is 5.91 Å². The van der Waals surface area contributed by atoms with E-state index in [1.165, 1.54) is 0 Å². The number of nitrogens with zero attached hydrogens (tertiary/aromatic N) is 1. The average Bonchev–Trinajstić information content (AvgIpc) is 3.06. The van der Waals surface area contributed by atoms with Crippen LogP contribution in [-0.2, 0) is 4.79 Å². The number of rotatable bonds is 4. The molecule has 0 spiro atoms. The highest BCUT2D eigenvalue weighted by Crippen LogP contribution is 2.21. The molecule has 0 bridgehead atoms. The van der Waals surface area contributed by atoms with Gasteiger partial charge >= 0.3 is 0 Å². The van der Waals surface area contributed by atoms with Gasteiger partial charge in [0.2, 0.25) is 5.91 Å². The first-order valence-electron chi connectivity index (χ1n) is 7.79. The maximum Gasteiger partial charge on any atom is 0.224 e. The Morgan fingerprint density at radius 2 is 2.14 bits per heavy atom. The van der Waals surface area contributed by atoms with Crippen LogP contribution < -0.4 is 5.32 Å². The monoisotopic (exact) mass is 295 g/mol. The van der Waals surface area contributed by atoms with Crippen molar-refractivity contribution in [2.45, 2.75) is 32.2 Å². The Labute approximate surface area is 130 Å². The highest BCUT2D eigenvalue weighted by atomic mass is 16.1. The standard InChI is InChI=1S/C18H21N3O/c1-13(20-18(22)15-10-6-3-7-11-15)17-19-12-16(21-17)14-8-4-2-5-9-14/h2-6,8-9,12-13,15H,7,10-11H2,1H3,(H,19,21)(H,20,22)/t13-,15-/m1/s1. The van der Waals surface area contributed by atoms with E-state index in [9.17, 15) is 4.79 Å². The van der Waals surface area contributed by atoms with Gasteiger partial charge in [0.25, 0.3) is 0 Å². The molecule has 4 heteroatoms. The second kappa shape index (κ2) is 6.60. The summed E-state index contributed by atoms with van der Waals surface area (Å²) in [4.78, 5) is 20.0. The van der Waals surface area contributed by atoms with Crippen molar-refractivity contribution in [1.29, 1.82) is 0 Å². The van der Waals surface area contributed by atoms with Crippen LogP contribution >= 0.6 is 0 Å². The van der Waals surface area contributed by atoms with E-state index in [0.29, 0.717) is 0 Å². The van der Waals surface area contributed by atoms with Gasteiger partial charge in [0.15, 0.2) is 0 Å². The third-order valence-corrected chi connectivity index (χ3v) is 4.09. The highest BCUT2D eigenvalue weighted by molar-refractivity contribution is 5.79. The molecular formula is C18H21N3O. The van der Waals surface area contributed by atoms with Gasteiger partial charge in [-0.05, 0) is 31.7 Å². The predicted molar refractivity (Wildman–Crippen MR) is 87.1 cm³/mol. The Balaban J connectivity index is 1.65. The van der Waals surface area contributed by atoms with Gasteiger partial charge < -0.3 is 10.3 Å². The molecule has 22 heavy (non-hydrogen) atoms. The van der Waals surface area contributed by atoms with Gasteiger partial charge in [-0.15, -0.1) is 0 Å². The molecule has 114 valence electrons. The largest absolute Gasteiger partial charge is 0.346 e. The van der Waals surface area contributed by atoms with Crippen LogP contribution in [0.4, 0.5) is 0 Å². The number of hydrogen-bond acceptors (Lipinski definition) is 2. The Hall–Kier alpha value is -2.36. The molecule has 1 aromatic heterocycles. The molecule has 0 fully saturated rings. The fraction of sp³-hybridized carbons (Fsp3) is 0.333. The van der Waals surface area contributed by atoms with Crippen LogP contribution in [0.1, 0.15) is 38.1 Å². The van der Waals surface area contributed by atoms with E-state index in [1.54, 1.807) is 0 Å². The van der Waals surface area contributed by atoms with Crippen molar-refractivity contribution in [3.05, 3.63) is 54.5 Å². The van der Waals surface area contributed by atoms with Crippen LogP contribution in [0.15, 0.2) is 48.7 Å². The Morgan fingerprint density at radius 1 is 1.32 bits per heavy atom. The number of amides is 1. The third kappa shape index (κ3) is 3.27. The van der Waals surface area contributed by atoms with E-state index in [-0.39, 0.29) is 17.9 Å². The molecule has 0 saturated heterocycles. The fourth-order valence-electron chi connectivity index (χ4n) is 2.75. The molecule has 4 nitrogen and oxygen atoms in total. The van der Waals surface area contributed by atoms with Gasteiger partial charge in [-0.1, -0.05) is 42.5 Å². The number of benzene rings is 1. The average molecular weight is 295 g/mol. The van der Waals surface area contributed by atoms with Crippen molar-refractivity contribution in [2.24, 2.45) is 5.92 Å². The van der Waals surface area contributed by atoms with E-state index >= 15 is 0 Å². The summed E-state index contributed by atoms with van der Waals surface area (Å²) in [5.41, 5.74) is 2.06. The molecule has 1 aliphatic rings. The van der Waals surface area contributed by atoms with Gasteiger partial charge in [0.05, 0.1) is 17.9 Å². The summed E-state index contributed by atoms with van der Waals surface area (Å²) in [6.07, 6.45) is 8.82. The van der Waals surface area contributed by atoms with Gasteiger partial charge in [-0.3, -0.25) is 4.79 Å². The summed E-state index contributed by atoms with van der Waals surface area (Å²) in [5, 5.41) is 3.06. The number of aromatic amines is 1. The topological polar surface area (TPSA) is 57.8 Å². The van der Waals surface area contributed by atoms with Crippen LogP contribution in [0.3, 0.4) is 0 Å². The first kappa shape index (κ1) is 14.6. The van der Waals surface area contributed by atoms with Crippen molar-refractivity contribution < 1.29 is 4.79 Å². The van der Waals surface area contributed by atoms with E-state index < -0.39 is 0 Å². The number of imidazole rings is 1. The number of carbonyl (C=O) groups excluding carboxylic acids is 1. The van der Waals surface area contributed by atoms with Gasteiger partial charge in [0.1, 0.15) is 5.82 Å². The molecule has 2 aromatic rings. The molecule has 1 amide bonds. The van der Waals surface area contributed by atoms with Gasteiger partial charge in [-0.25, -0.2) is 4.98 Å². The maximum absolute atomic E-state index is 12.3. The molecule has 1 heterocycles. The summed E-state index contributed by atoms with van der Waals surface area (Å²) >= 11 is 0. The Kier molecular flexibility index (Phi) is 4.37. The summed E-state index contributed by atoms with van der Waals surface area (Å²) in [6.45, 7) is 1.96. The number of allylic oxidation sites excluding steroid dienone is 2. The fourth-order valence-corrected chi connectivity index (χ4v) is 2.75. The quantitative estimate of drug-likeness (QED) is 0.847. The van der Waals surface area contributed by atoms with E-state index in [1.807, 2.05) is 43.5 Å². The minimum Gasteiger partial charge on any atom is -0.346 e. The van der Waals surface area contributed by atoms with Crippen LogP contribution in [-0.4, -0.2) is 15.9 Å². The number of aromatic nitrogens is 2. The minimum absolute atomic E-state index is 0.0935. The van der Waals surface area contributed by atoms with Crippen LogP contribution in [0.25, 0.3) is 11.3 Å². The Morgan fingerprint density at radius 3 is 2.86 bits per heavy atom. The van der Waals surface area contributed by atoms with Crippen LogP contribution in [0, 0.1) is 5.92 Å². The van der Waals surface area contributed by atoms with Gasteiger partial charge in [-0.2, -0.15) is 0 Å². The molecule has 2 atom stereocenters. The molecule has 0 aliphatic heterocycles. The molecule has 0 radical (unpaired) electrons. The normalized spacial score (nSPS) is 18.9. The third-order valence-electron chi connectivity index (χ3n) is 4.09. The molecule has 0 unspecified atom stereocenters. The maximum atomic E-state index is 12.3. The summed E-state index contributed by atoms with van der Waals surface area (Å²) in [5.74, 6) is 1.00. The summed E-state index contributed by atoms with van der Waals surface area (Å²) in [7, 11) is 0. The zero-order valence-corrected chi connectivity index (χ0v) is 12.8. The molecular weight excluding hydrogens is 274 g/mol. The highest BCUT2D eigenvalue weighted by Gasteiger charge is 2.21. The van der Waals surface area contributed by atoms with Crippen molar-refractivity contribution in [2.75, 3.05) is 0 Å². The lowest BCUT2D eigenvalue weighted by molar-refractivity contribution is -0.125. The van der Waals surface area contributed by atoms with Crippen molar-refractivity contribution in [1.82, 2.24) is 15.3 Å². The number of hydrogen-bond donors (Lipinski definition) is 2. The molecule has 2 N–H and O–H groups in total. The summed E-state index contributed by atoms with van der Waals surface area (Å²) < 4.78 is 0. The minimum atomic E-state index is -0.115. The lowest BCUT2D eigenvalue weighted by atomic mass is 9.93. The second-order valence-corrected chi connectivity index (χ2v) is 5.76. The lowest BCUT2D eigenvalue weighted by Gasteiger charge is -2.19. The molecule has 1 aromatic carbocycles. The zero-order chi connectivity index (χ0) is 15.4. The molecule has 3 rings (SSSR count). The van der Waals surface area contributed by atoms with Gasteiger partial charge in [0, 0.05) is 5.92 Å². The predicted octanol–water partition coefficient (Wildman–Crippen LogP) is 3.61. The Bertz CT molecular complexity index is 660. The first-order valence-corrected chi connectivity index (χ1v) is 7.79. The second-order valence-electron chi connectivity index (χ2n) is 5.76. The lowest BCUT2D eigenvalue weighted by Crippen LogP contribution is -2.33. The molecule has 1 aliphatic carbocycles. The van der Waals surface area contributed by atoms with Crippen molar-refractivity contribution in [3.63, 3.8) is 0 Å². The van der Waals surface area contributed by atoms with Crippen LogP contribution in [0.5, 0.6) is 0 Å². The van der Waals surface area contributed by atoms with E-state index in [0.717, 1.165) is 36.3 Å². The number of H-pyrrole nitrogens is 1. The van der Waals surface area contributed by atoms with E-state index in [2.05, 4.69) is 27.4 Å². The molecule has 0 saturated carbocycles. The SMILES string of the molecule is C[C@@H](NC(=O)[C@@H]1CC=CCC1)c1ncc(-c2ccccc2)[nH]1. The van der Waals surface area contributed by atoms with E-state index in [4.69, 9.17) is 0 Å². The van der Waals surface area contributed by atoms with Crippen LogP contribution in [0.2, 0.25) is 0 Å². The smallest absolute Gasteiger partial charge is 0.224 e.